The lowest BCUT2D eigenvalue weighted by atomic mass is 10.1. The molecule has 0 aliphatic rings. The molecular weight excluding hydrogens is 245 g/mol. The van der Waals surface area contributed by atoms with E-state index in [2.05, 4.69) is 12.2 Å². The number of rotatable bonds is 4. The van der Waals surface area contributed by atoms with Gasteiger partial charge in [-0.1, -0.05) is 25.5 Å². The topological polar surface area (TPSA) is 41.1 Å². The number of carbonyl (C=O) groups is 1. The summed E-state index contributed by atoms with van der Waals surface area (Å²) in [6.45, 7) is 0.712. The molecule has 0 aliphatic heterocycles. The van der Waals surface area contributed by atoms with Gasteiger partial charge in [0.05, 0.1) is 0 Å². The Morgan fingerprint density at radius 3 is 2.33 bits per heavy atom. The summed E-state index contributed by atoms with van der Waals surface area (Å²) in [6.07, 6.45) is -2.46. The molecule has 0 bridgehead atoms. The Hall–Kier alpha value is -1.72. The Kier molecular flexibility index (Phi) is 5.00. The molecule has 2 N–H and O–H groups in total. The molecule has 1 rings (SSSR count). The van der Waals surface area contributed by atoms with Crippen LogP contribution in [0.1, 0.15) is 18.9 Å². The standard InChI is InChI=1S/C12H15F3N2O/c1-2-3-9-4-6-10(7-5-9)17-11(18)16-8-12(13,14)15/h4-7H,2-3,8H2,1H3,(H2,16,17,18). The van der Waals surface area contributed by atoms with E-state index < -0.39 is 18.8 Å². The van der Waals surface area contributed by atoms with Crippen LogP contribution in [0.4, 0.5) is 23.7 Å². The van der Waals surface area contributed by atoms with Crippen molar-refractivity contribution in [2.45, 2.75) is 25.9 Å². The van der Waals surface area contributed by atoms with Gasteiger partial charge in [-0.3, -0.25) is 0 Å². The molecule has 0 heterocycles. The molecule has 18 heavy (non-hydrogen) atoms. The lowest BCUT2D eigenvalue weighted by Gasteiger charge is -2.10. The highest BCUT2D eigenvalue weighted by Crippen LogP contribution is 2.13. The maximum Gasteiger partial charge on any atom is 0.405 e. The summed E-state index contributed by atoms with van der Waals surface area (Å²) in [5.41, 5.74) is 1.59. The van der Waals surface area contributed by atoms with E-state index in [9.17, 15) is 18.0 Å². The highest BCUT2D eigenvalue weighted by molar-refractivity contribution is 5.89. The second kappa shape index (κ2) is 6.28. The van der Waals surface area contributed by atoms with E-state index in [1.54, 1.807) is 17.4 Å². The van der Waals surface area contributed by atoms with Gasteiger partial charge in [-0.2, -0.15) is 13.2 Å². The Bertz CT molecular complexity index is 387. The fourth-order valence-electron chi connectivity index (χ4n) is 1.40. The zero-order chi connectivity index (χ0) is 13.6. The zero-order valence-electron chi connectivity index (χ0n) is 9.97. The van der Waals surface area contributed by atoms with Crippen LogP contribution in [0, 0.1) is 0 Å². The zero-order valence-corrected chi connectivity index (χ0v) is 9.97. The van der Waals surface area contributed by atoms with Crippen molar-refractivity contribution in [3.63, 3.8) is 0 Å². The van der Waals surface area contributed by atoms with Crippen LogP contribution in [-0.4, -0.2) is 18.8 Å². The molecule has 0 aliphatic carbocycles. The van der Waals surface area contributed by atoms with Crippen LogP contribution in [0.15, 0.2) is 24.3 Å². The summed E-state index contributed by atoms with van der Waals surface area (Å²) in [7, 11) is 0. The number of aryl methyl sites for hydroxylation is 1. The van der Waals surface area contributed by atoms with Gasteiger partial charge < -0.3 is 10.6 Å². The van der Waals surface area contributed by atoms with Gasteiger partial charge in [-0.05, 0) is 24.1 Å². The van der Waals surface area contributed by atoms with Crippen molar-refractivity contribution in [3.05, 3.63) is 29.8 Å². The molecule has 0 unspecified atom stereocenters. The molecule has 3 nitrogen and oxygen atoms in total. The normalized spacial score (nSPS) is 11.1. The number of halogens is 3. The Morgan fingerprint density at radius 2 is 1.83 bits per heavy atom. The number of nitrogens with one attached hydrogen (secondary N) is 2. The second-order valence-corrected chi connectivity index (χ2v) is 3.87. The monoisotopic (exact) mass is 260 g/mol. The average molecular weight is 260 g/mol. The van der Waals surface area contributed by atoms with Crippen molar-refractivity contribution >= 4 is 11.7 Å². The van der Waals surface area contributed by atoms with Crippen LogP contribution in [0.25, 0.3) is 0 Å². The van der Waals surface area contributed by atoms with Crippen LogP contribution in [0.5, 0.6) is 0 Å². The third-order valence-corrected chi connectivity index (χ3v) is 2.20. The van der Waals surface area contributed by atoms with Gasteiger partial charge in [-0.25, -0.2) is 4.79 Å². The quantitative estimate of drug-likeness (QED) is 0.856. The third-order valence-electron chi connectivity index (χ3n) is 2.20. The average Bonchev–Trinajstić information content (AvgIpc) is 2.29. The molecule has 0 radical (unpaired) electrons. The van der Waals surface area contributed by atoms with E-state index >= 15 is 0 Å². The summed E-state index contributed by atoms with van der Waals surface area (Å²) in [4.78, 5) is 11.1. The van der Waals surface area contributed by atoms with E-state index in [-0.39, 0.29) is 0 Å². The number of amides is 2. The summed E-state index contributed by atoms with van der Waals surface area (Å²) in [6, 6.07) is 6.14. The van der Waals surface area contributed by atoms with Crippen LogP contribution in [0.3, 0.4) is 0 Å². The lowest BCUT2D eigenvalue weighted by Crippen LogP contribution is -2.36. The second-order valence-electron chi connectivity index (χ2n) is 3.87. The summed E-state index contributed by atoms with van der Waals surface area (Å²) in [5.74, 6) is 0. The molecule has 0 aromatic heterocycles. The molecule has 0 saturated heterocycles. The fraction of sp³-hybridized carbons (Fsp3) is 0.417. The van der Waals surface area contributed by atoms with Crippen LogP contribution in [-0.2, 0) is 6.42 Å². The number of urea groups is 1. The Morgan fingerprint density at radius 1 is 1.22 bits per heavy atom. The first-order chi connectivity index (χ1) is 8.40. The SMILES string of the molecule is CCCc1ccc(NC(=O)NCC(F)(F)F)cc1. The van der Waals surface area contributed by atoms with Gasteiger partial charge in [0.2, 0.25) is 0 Å². The molecule has 1 aromatic rings. The number of hydrogen-bond acceptors (Lipinski definition) is 1. The first-order valence-electron chi connectivity index (χ1n) is 5.61. The molecule has 2 amide bonds. The van der Waals surface area contributed by atoms with E-state index in [0.29, 0.717) is 5.69 Å². The van der Waals surface area contributed by atoms with Crippen molar-refractivity contribution in [2.24, 2.45) is 0 Å². The van der Waals surface area contributed by atoms with E-state index in [1.807, 2.05) is 12.1 Å². The van der Waals surface area contributed by atoms with Gasteiger partial charge in [0.1, 0.15) is 6.54 Å². The largest absolute Gasteiger partial charge is 0.405 e. The van der Waals surface area contributed by atoms with Crippen molar-refractivity contribution in [1.82, 2.24) is 5.32 Å². The molecule has 0 saturated carbocycles. The van der Waals surface area contributed by atoms with Gasteiger partial charge in [0.15, 0.2) is 0 Å². The Labute approximate surface area is 103 Å². The number of hydrogen-bond donors (Lipinski definition) is 2. The fourth-order valence-corrected chi connectivity index (χ4v) is 1.40. The molecule has 0 fully saturated rings. The number of alkyl halides is 3. The molecule has 0 spiro atoms. The van der Waals surface area contributed by atoms with E-state index in [0.717, 1.165) is 18.4 Å². The van der Waals surface area contributed by atoms with Crippen molar-refractivity contribution in [3.8, 4) is 0 Å². The molecule has 1 aromatic carbocycles. The van der Waals surface area contributed by atoms with E-state index in [1.165, 1.54) is 0 Å². The minimum atomic E-state index is -4.40. The van der Waals surface area contributed by atoms with Crippen LogP contribution < -0.4 is 10.6 Å². The first-order valence-corrected chi connectivity index (χ1v) is 5.61. The molecule has 0 atom stereocenters. The third kappa shape index (κ3) is 5.56. The lowest BCUT2D eigenvalue weighted by molar-refractivity contribution is -0.122. The molecule has 6 heteroatoms. The Balaban J connectivity index is 2.44. The maximum atomic E-state index is 11.8. The van der Waals surface area contributed by atoms with Gasteiger partial charge in [0.25, 0.3) is 0 Å². The minimum Gasteiger partial charge on any atom is -0.329 e. The predicted molar refractivity (Wildman–Crippen MR) is 63.5 cm³/mol. The van der Waals surface area contributed by atoms with Crippen molar-refractivity contribution < 1.29 is 18.0 Å². The maximum absolute atomic E-state index is 11.8. The van der Waals surface area contributed by atoms with Crippen LogP contribution >= 0.6 is 0 Å². The highest BCUT2D eigenvalue weighted by atomic mass is 19.4. The number of carbonyl (C=O) groups excluding carboxylic acids is 1. The van der Waals surface area contributed by atoms with Crippen molar-refractivity contribution in [1.29, 1.82) is 0 Å². The van der Waals surface area contributed by atoms with E-state index in [4.69, 9.17) is 0 Å². The molecule has 100 valence electrons. The number of benzene rings is 1. The highest BCUT2D eigenvalue weighted by Gasteiger charge is 2.27. The van der Waals surface area contributed by atoms with Crippen LogP contribution in [0.2, 0.25) is 0 Å². The summed E-state index contributed by atoms with van der Waals surface area (Å²) < 4.78 is 35.5. The smallest absolute Gasteiger partial charge is 0.329 e. The van der Waals surface area contributed by atoms with Gasteiger partial charge >= 0.3 is 12.2 Å². The summed E-state index contributed by atoms with van der Waals surface area (Å²) in [5, 5.41) is 4.07. The minimum absolute atomic E-state index is 0.467. The summed E-state index contributed by atoms with van der Waals surface area (Å²) >= 11 is 0. The predicted octanol–water partition coefficient (Wildman–Crippen LogP) is 3.32. The molecular formula is C12H15F3N2O. The van der Waals surface area contributed by atoms with Gasteiger partial charge in [-0.15, -0.1) is 0 Å². The number of anilines is 1. The van der Waals surface area contributed by atoms with Gasteiger partial charge in [0, 0.05) is 5.69 Å². The first kappa shape index (κ1) is 14.3. The van der Waals surface area contributed by atoms with Crippen molar-refractivity contribution in [2.75, 3.05) is 11.9 Å².